The van der Waals surface area contributed by atoms with Gasteiger partial charge in [0, 0.05) is 37.0 Å². The Hall–Kier alpha value is -2.10. The smallest absolute Gasteiger partial charge is 0.223 e. The number of amides is 1. The van der Waals surface area contributed by atoms with Crippen molar-refractivity contribution in [1.82, 2.24) is 10.2 Å². The molecule has 0 aromatic heterocycles. The molecule has 0 aromatic carbocycles. The summed E-state index contributed by atoms with van der Waals surface area (Å²) in [4.78, 5) is 25.8. The van der Waals surface area contributed by atoms with E-state index < -0.39 is 0 Å². The second-order valence-corrected chi connectivity index (χ2v) is 6.27. The SMILES string of the molecule is C=C/C=C/NC1=C(CN(/C=C/C)C(C)=O)C(=O)CC(C)(C)C1. The van der Waals surface area contributed by atoms with Gasteiger partial charge in [-0.1, -0.05) is 32.6 Å². The molecule has 1 N–H and O–H groups in total. The van der Waals surface area contributed by atoms with Crippen molar-refractivity contribution >= 4 is 11.7 Å². The highest BCUT2D eigenvalue weighted by Gasteiger charge is 2.33. The summed E-state index contributed by atoms with van der Waals surface area (Å²) in [6, 6.07) is 0. The zero-order valence-corrected chi connectivity index (χ0v) is 14.0. The molecule has 0 saturated carbocycles. The van der Waals surface area contributed by atoms with E-state index >= 15 is 0 Å². The highest BCUT2D eigenvalue weighted by molar-refractivity contribution is 5.98. The molecule has 0 unspecified atom stereocenters. The molecular formula is C18H26N2O2. The number of carbonyl (C=O) groups is 2. The fourth-order valence-corrected chi connectivity index (χ4v) is 2.52. The lowest BCUT2D eigenvalue weighted by molar-refractivity contribution is -0.126. The quantitative estimate of drug-likeness (QED) is 0.766. The van der Waals surface area contributed by atoms with Crippen LogP contribution in [-0.2, 0) is 9.59 Å². The summed E-state index contributed by atoms with van der Waals surface area (Å²) in [6.45, 7) is 11.4. The molecule has 1 rings (SSSR count). The van der Waals surface area contributed by atoms with Crippen LogP contribution in [0.2, 0.25) is 0 Å². The zero-order valence-electron chi connectivity index (χ0n) is 14.0. The Morgan fingerprint density at radius 1 is 1.41 bits per heavy atom. The maximum Gasteiger partial charge on any atom is 0.223 e. The highest BCUT2D eigenvalue weighted by atomic mass is 16.2. The Morgan fingerprint density at radius 3 is 2.64 bits per heavy atom. The van der Waals surface area contributed by atoms with E-state index in [2.05, 4.69) is 25.7 Å². The third kappa shape index (κ3) is 5.02. The van der Waals surface area contributed by atoms with Crippen LogP contribution in [0, 0.1) is 5.41 Å². The Balaban J connectivity index is 3.13. The van der Waals surface area contributed by atoms with Gasteiger partial charge in [0.25, 0.3) is 0 Å². The number of hydrogen-bond donors (Lipinski definition) is 1. The van der Waals surface area contributed by atoms with Crippen molar-refractivity contribution in [3.63, 3.8) is 0 Å². The molecular weight excluding hydrogens is 276 g/mol. The minimum atomic E-state index is -0.0794. The maximum atomic E-state index is 12.5. The van der Waals surface area contributed by atoms with E-state index in [-0.39, 0.29) is 17.1 Å². The first kappa shape index (κ1) is 18.0. The largest absolute Gasteiger partial charge is 0.365 e. The first-order valence-electron chi connectivity index (χ1n) is 7.50. The summed E-state index contributed by atoms with van der Waals surface area (Å²) in [5, 5.41) is 3.19. The molecule has 0 bridgehead atoms. The van der Waals surface area contributed by atoms with Crippen LogP contribution in [0.15, 0.2) is 48.5 Å². The molecule has 0 fully saturated rings. The van der Waals surface area contributed by atoms with E-state index in [1.807, 2.05) is 6.92 Å². The lowest BCUT2D eigenvalue weighted by Gasteiger charge is -2.33. The van der Waals surface area contributed by atoms with E-state index in [1.165, 1.54) is 6.92 Å². The summed E-state index contributed by atoms with van der Waals surface area (Å²) in [6.07, 6.45) is 10.0. The molecule has 1 amide bonds. The fraction of sp³-hybridized carbons (Fsp3) is 0.444. The second-order valence-electron chi connectivity index (χ2n) is 6.27. The molecule has 0 radical (unpaired) electrons. The standard InChI is InChI=1S/C18H26N2O2/c1-6-8-9-19-16-11-18(4,5)12-17(22)15(16)13-20(10-7-2)14(3)21/h6-10,19H,1,11-13H2,2-5H3/b9-8+,10-7+. The van der Waals surface area contributed by atoms with Crippen LogP contribution in [0.1, 0.15) is 40.5 Å². The van der Waals surface area contributed by atoms with Crippen LogP contribution >= 0.6 is 0 Å². The molecule has 0 atom stereocenters. The van der Waals surface area contributed by atoms with Crippen LogP contribution in [-0.4, -0.2) is 23.1 Å². The van der Waals surface area contributed by atoms with Gasteiger partial charge in [-0.2, -0.15) is 0 Å². The van der Waals surface area contributed by atoms with Gasteiger partial charge < -0.3 is 10.2 Å². The molecule has 0 heterocycles. The molecule has 0 aliphatic heterocycles. The molecule has 0 aromatic rings. The first-order chi connectivity index (χ1) is 10.3. The van der Waals surface area contributed by atoms with Gasteiger partial charge >= 0.3 is 0 Å². The van der Waals surface area contributed by atoms with Gasteiger partial charge in [0.05, 0.1) is 6.54 Å². The average Bonchev–Trinajstić information content (AvgIpc) is 2.40. The van der Waals surface area contributed by atoms with Crippen LogP contribution in [0.3, 0.4) is 0 Å². The van der Waals surface area contributed by atoms with E-state index in [1.54, 1.807) is 35.5 Å². The summed E-state index contributed by atoms with van der Waals surface area (Å²) >= 11 is 0. The van der Waals surface area contributed by atoms with Crippen molar-refractivity contribution < 1.29 is 9.59 Å². The molecule has 1 aliphatic rings. The van der Waals surface area contributed by atoms with Crippen LogP contribution < -0.4 is 5.32 Å². The van der Waals surface area contributed by atoms with Gasteiger partial charge in [-0.05, 0) is 24.8 Å². The number of carbonyl (C=O) groups excluding carboxylic acids is 2. The normalized spacial score (nSPS) is 18.1. The number of nitrogens with one attached hydrogen (secondary N) is 1. The van der Waals surface area contributed by atoms with Crippen LogP contribution in [0.4, 0.5) is 0 Å². The summed E-state index contributed by atoms with van der Waals surface area (Å²) in [5.41, 5.74) is 1.49. The van der Waals surface area contributed by atoms with Crippen molar-refractivity contribution in [1.29, 1.82) is 0 Å². The lowest BCUT2D eigenvalue weighted by atomic mass is 9.75. The summed E-state index contributed by atoms with van der Waals surface area (Å²) in [5.74, 6) is 0.0192. The maximum absolute atomic E-state index is 12.5. The summed E-state index contributed by atoms with van der Waals surface area (Å²) < 4.78 is 0. The van der Waals surface area contributed by atoms with Crippen molar-refractivity contribution in [3.05, 3.63) is 48.5 Å². The van der Waals surface area contributed by atoms with E-state index in [0.717, 1.165) is 12.1 Å². The third-order valence-corrected chi connectivity index (χ3v) is 3.55. The number of Topliss-reactive ketones (excluding diaryl/α,β-unsaturated/α-hetero) is 1. The Morgan fingerprint density at radius 2 is 2.09 bits per heavy atom. The van der Waals surface area contributed by atoms with Crippen LogP contribution in [0.5, 0.6) is 0 Å². The third-order valence-electron chi connectivity index (χ3n) is 3.55. The Labute approximate surface area is 133 Å². The zero-order chi connectivity index (χ0) is 16.8. The number of hydrogen-bond acceptors (Lipinski definition) is 3. The van der Waals surface area contributed by atoms with Gasteiger partial charge in [-0.25, -0.2) is 0 Å². The molecule has 0 spiro atoms. The van der Waals surface area contributed by atoms with Crippen LogP contribution in [0.25, 0.3) is 0 Å². The predicted molar refractivity (Wildman–Crippen MR) is 89.7 cm³/mol. The molecule has 0 saturated heterocycles. The molecule has 1 aliphatic carbocycles. The van der Waals surface area contributed by atoms with E-state index in [0.29, 0.717) is 18.5 Å². The number of allylic oxidation sites excluding steroid dienone is 4. The van der Waals surface area contributed by atoms with E-state index in [9.17, 15) is 9.59 Å². The Bertz CT molecular complexity index is 539. The number of nitrogens with zero attached hydrogens (tertiary/aromatic N) is 1. The summed E-state index contributed by atoms with van der Waals surface area (Å²) in [7, 11) is 0. The van der Waals surface area contributed by atoms with Gasteiger partial charge in [0.15, 0.2) is 5.78 Å². The Kier molecular flexibility index (Phi) is 6.35. The van der Waals surface area contributed by atoms with Gasteiger partial charge in [-0.15, -0.1) is 0 Å². The minimum absolute atomic E-state index is 0.0768. The van der Waals surface area contributed by atoms with Crippen molar-refractivity contribution in [2.45, 2.75) is 40.5 Å². The van der Waals surface area contributed by atoms with Gasteiger partial charge in [-0.3, -0.25) is 9.59 Å². The fourth-order valence-electron chi connectivity index (χ4n) is 2.52. The van der Waals surface area contributed by atoms with E-state index in [4.69, 9.17) is 0 Å². The molecule has 4 nitrogen and oxygen atoms in total. The second kappa shape index (κ2) is 7.78. The van der Waals surface area contributed by atoms with Gasteiger partial charge in [0.1, 0.15) is 0 Å². The monoisotopic (exact) mass is 302 g/mol. The molecule has 22 heavy (non-hydrogen) atoms. The minimum Gasteiger partial charge on any atom is -0.365 e. The molecule has 4 heteroatoms. The average molecular weight is 302 g/mol. The first-order valence-corrected chi connectivity index (χ1v) is 7.50. The molecule has 120 valence electrons. The topological polar surface area (TPSA) is 49.4 Å². The lowest BCUT2D eigenvalue weighted by Crippen LogP contribution is -2.35. The van der Waals surface area contributed by atoms with Crippen molar-refractivity contribution in [2.75, 3.05) is 6.54 Å². The predicted octanol–water partition coefficient (Wildman–Crippen LogP) is 3.30. The highest BCUT2D eigenvalue weighted by Crippen LogP contribution is 2.36. The van der Waals surface area contributed by atoms with Crippen molar-refractivity contribution in [2.24, 2.45) is 5.41 Å². The number of ketones is 1. The van der Waals surface area contributed by atoms with Gasteiger partial charge in [0.2, 0.25) is 5.91 Å². The number of rotatable bonds is 6. The van der Waals surface area contributed by atoms with Crippen molar-refractivity contribution in [3.8, 4) is 0 Å².